The zero-order valence-corrected chi connectivity index (χ0v) is 18.0. The van der Waals surface area contributed by atoms with Crippen molar-refractivity contribution >= 4 is 26.6 Å². The van der Waals surface area contributed by atoms with Crippen LogP contribution in [0.25, 0.3) is 10.9 Å². The van der Waals surface area contributed by atoms with E-state index in [0.29, 0.717) is 17.0 Å². The topological polar surface area (TPSA) is 89.0 Å². The SMILES string of the molecule is O=C(NC1CCC(F)(S(=O)(=O)c2cccc(C(F)(F)F)c2)CC1)c1cnc2ccncc2c1. The van der Waals surface area contributed by atoms with Gasteiger partial charge in [-0.05, 0) is 56.0 Å². The van der Waals surface area contributed by atoms with Crippen molar-refractivity contribution in [3.63, 3.8) is 0 Å². The smallest absolute Gasteiger partial charge is 0.349 e. The van der Waals surface area contributed by atoms with Crippen molar-refractivity contribution in [2.24, 2.45) is 0 Å². The Morgan fingerprint density at radius 1 is 1.09 bits per heavy atom. The molecule has 3 aromatic rings. The third-order valence-electron chi connectivity index (χ3n) is 5.76. The Morgan fingerprint density at radius 3 is 2.52 bits per heavy atom. The molecule has 1 saturated carbocycles. The van der Waals surface area contributed by atoms with Gasteiger partial charge in [0.05, 0.1) is 21.5 Å². The minimum Gasteiger partial charge on any atom is -0.349 e. The van der Waals surface area contributed by atoms with Crippen molar-refractivity contribution < 1.29 is 30.8 Å². The summed E-state index contributed by atoms with van der Waals surface area (Å²) in [5.41, 5.74) is -0.210. The Hall–Kier alpha value is -3.08. The van der Waals surface area contributed by atoms with Gasteiger partial charge in [0.25, 0.3) is 5.91 Å². The number of rotatable bonds is 4. The largest absolute Gasteiger partial charge is 0.416 e. The Balaban J connectivity index is 1.45. The van der Waals surface area contributed by atoms with Gasteiger partial charge in [-0.25, -0.2) is 12.8 Å². The van der Waals surface area contributed by atoms with Gasteiger partial charge < -0.3 is 5.32 Å². The second-order valence-electron chi connectivity index (χ2n) is 7.95. The van der Waals surface area contributed by atoms with Gasteiger partial charge in [0.1, 0.15) is 0 Å². The summed E-state index contributed by atoms with van der Waals surface area (Å²) in [4.78, 5) is 20.0. The molecule has 1 amide bonds. The number of halogens is 4. The van der Waals surface area contributed by atoms with E-state index in [1.54, 1.807) is 24.5 Å². The number of pyridine rings is 2. The molecule has 2 heterocycles. The van der Waals surface area contributed by atoms with E-state index >= 15 is 4.39 Å². The zero-order valence-electron chi connectivity index (χ0n) is 17.1. The van der Waals surface area contributed by atoms with Gasteiger partial charge in [-0.1, -0.05) is 6.07 Å². The Morgan fingerprint density at radius 2 is 1.82 bits per heavy atom. The molecule has 0 radical (unpaired) electrons. The molecule has 1 aromatic carbocycles. The number of sulfone groups is 1. The van der Waals surface area contributed by atoms with E-state index in [0.717, 1.165) is 18.2 Å². The van der Waals surface area contributed by atoms with Crippen LogP contribution in [-0.4, -0.2) is 35.3 Å². The van der Waals surface area contributed by atoms with Crippen LogP contribution in [0, 0.1) is 0 Å². The van der Waals surface area contributed by atoms with Crippen molar-refractivity contribution in [2.75, 3.05) is 0 Å². The number of hydrogen-bond donors (Lipinski definition) is 1. The second kappa shape index (κ2) is 8.36. The summed E-state index contributed by atoms with van der Waals surface area (Å²) in [6.45, 7) is 0. The number of aromatic nitrogens is 2. The van der Waals surface area contributed by atoms with Crippen molar-refractivity contribution in [3.05, 3.63) is 66.1 Å². The number of amides is 1. The van der Waals surface area contributed by atoms with Gasteiger partial charge >= 0.3 is 6.18 Å². The fraction of sp³-hybridized carbons (Fsp3) is 0.318. The molecule has 1 N–H and O–H groups in total. The van der Waals surface area contributed by atoms with Crippen molar-refractivity contribution in [3.8, 4) is 0 Å². The molecule has 1 aliphatic carbocycles. The number of fused-ring (bicyclic) bond motifs is 1. The molecule has 0 unspecified atom stereocenters. The molecule has 0 saturated heterocycles. The van der Waals surface area contributed by atoms with E-state index in [-0.39, 0.29) is 18.4 Å². The molecule has 33 heavy (non-hydrogen) atoms. The van der Waals surface area contributed by atoms with Crippen LogP contribution in [0.4, 0.5) is 17.6 Å². The van der Waals surface area contributed by atoms with Crippen LogP contribution in [-0.2, 0) is 16.0 Å². The normalized spacial score (nSPS) is 21.6. The Labute approximate surface area is 187 Å². The average molecular weight is 481 g/mol. The summed E-state index contributed by atoms with van der Waals surface area (Å²) < 4.78 is 80.0. The van der Waals surface area contributed by atoms with Gasteiger partial charge in [-0.15, -0.1) is 0 Å². The summed E-state index contributed by atoms with van der Waals surface area (Å²) in [5, 5.41) is 0.705. The van der Waals surface area contributed by atoms with E-state index in [4.69, 9.17) is 0 Å². The highest BCUT2D eigenvalue weighted by molar-refractivity contribution is 7.92. The zero-order chi connectivity index (χ0) is 23.9. The average Bonchev–Trinajstić information content (AvgIpc) is 2.79. The molecular weight excluding hydrogens is 462 g/mol. The highest BCUT2D eigenvalue weighted by Crippen LogP contribution is 2.41. The molecule has 0 aliphatic heterocycles. The van der Waals surface area contributed by atoms with Crippen molar-refractivity contribution in [1.82, 2.24) is 15.3 Å². The number of carbonyl (C=O) groups is 1. The summed E-state index contributed by atoms with van der Waals surface area (Å²) in [6.07, 6.45) is -1.06. The summed E-state index contributed by atoms with van der Waals surface area (Å²) >= 11 is 0. The molecule has 1 aliphatic rings. The van der Waals surface area contributed by atoms with Crippen LogP contribution in [0.2, 0.25) is 0 Å². The second-order valence-corrected chi connectivity index (χ2v) is 10.2. The van der Waals surface area contributed by atoms with Crippen molar-refractivity contribution in [1.29, 1.82) is 0 Å². The van der Waals surface area contributed by atoms with E-state index in [2.05, 4.69) is 15.3 Å². The maximum absolute atomic E-state index is 15.5. The van der Waals surface area contributed by atoms with E-state index in [1.165, 1.54) is 6.20 Å². The molecule has 0 bridgehead atoms. The number of hydrogen-bond acceptors (Lipinski definition) is 5. The first-order valence-corrected chi connectivity index (χ1v) is 11.6. The number of benzene rings is 1. The lowest BCUT2D eigenvalue weighted by atomic mass is 9.93. The van der Waals surface area contributed by atoms with Gasteiger partial charge in [-0.3, -0.25) is 14.8 Å². The molecule has 4 rings (SSSR count). The predicted molar refractivity (Wildman–Crippen MR) is 112 cm³/mol. The van der Waals surface area contributed by atoms with Gasteiger partial charge in [0.15, 0.2) is 0 Å². The summed E-state index contributed by atoms with van der Waals surface area (Å²) in [5.74, 6) is -0.439. The maximum atomic E-state index is 15.5. The molecule has 11 heteroatoms. The lowest BCUT2D eigenvalue weighted by Gasteiger charge is -2.34. The number of nitrogens with zero attached hydrogens (tertiary/aromatic N) is 2. The highest BCUT2D eigenvalue weighted by atomic mass is 32.2. The van der Waals surface area contributed by atoms with E-state index in [9.17, 15) is 26.4 Å². The Bertz CT molecular complexity index is 1300. The van der Waals surface area contributed by atoms with Crippen LogP contribution in [0.5, 0.6) is 0 Å². The molecule has 2 aromatic heterocycles. The van der Waals surface area contributed by atoms with Crippen LogP contribution in [0.1, 0.15) is 41.6 Å². The maximum Gasteiger partial charge on any atom is 0.416 e. The van der Waals surface area contributed by atoms with E-state index in [1.807, 2.05) is 0 Å². The third kappa shape index (κ3) is 4.54. The molecule has 1 fully saturated rings. The Kier molecular flexibility index (Phi) is 5.85. The molecule has 174 valence electrons. The van der Waals surface area contributed by atoms with Gasteiger partial charge in [-0.2, -0.15) is 13.2 Å². The third-order valence-corrected chi connectivity index (χ3v) is 8.01. The first-order valence-electron chi connectivity index (χ1n) is 10.1. The number of carbonyl (C=O) groups excluding carboxylic acids is 1. The summed E-state index contributed by atoms with van der Waals surface area (Å²) in [7, 11) is -4.67. The predicted octanol–water partition coefficient (Wildman–Crippen LogP) is 4.46. The van der Waals surface area contributed by atoms with Crippen LogP contribution in [0.15, 0.2) is 59.9 Å². The minimum absolute atomic E-state index is 0.0169. The van der Waals surface area contributed by atoms with E-state index < -0.39 is 56.3 Å². The molecule has 0 spiro atoms. The highest BCUT2D eigenvalue weighted by Gasteiger charge is 2.48. The minimum atomic E-state index is -4.75. The van der Waals surface area contributed by atoms with Gasteiger partial charge in [0, 0.05) is 30.0 Å². The molecular formula is C22H19F4N3O3S. The first-order chi connectivity index (χ1) is 15.5. The van der Waals surface area contributed by atoms with Crippen molar-refractivity contribution in [2.45, 2.75) is 47.8 Å². The fourth-order valence-corrected chi connectivity index (χ4v) is 5.61. The quantitative estimate of drug-likeness (QED) is 0.556. The monoisotopic (exact) mass is 481 g/mol. The van der Waals surface area contributed by atoms with Gasteiger partial charge in [0.2, 0.25) is 14.8 Å². The first kappa shape index (κ1) is 23.1. The summed E-state index contributed by atoms with van der Waals surface area (Å²) in [6, 6.07) is 5.91. The lowest BCUT2D eigenvalue weighted by Crippen LogP contribution is -2.45. The molecule has 6 nitrogen and oxygen atoms in total. The fourth-order valence-electron chi connectivity index (χ4n) is 3.88. The van der Waals surface area contributed by atoms with Crippen LogP contribution in [0.3, 0.4) is 0 Å². The van der Waals surface area contributed by atoms with Crippen LogP contribution < -0.4 is 5.32 Å². The standard InChI is InChI=1S/C22H19F4N3O3S/c23-21(33(31,32)18-3-1-2-16(11-18)22(24,25)26)7-4-17(5-8-21)29-20(30)15-10-14-12-27-9-6-19(14)28-13-15/h1-3,6,9-13,17H,4-5,7-8H2,(H,29,30). The molecule has 0 atom stereocenters. The number of nitrogens with one attached hydrogen (secondary N) is 1. The lowest BCUT2D eigenvalue weighted by molar-refractivity contribution is -0.137. The van der Waals surface area contributed by atoms with Crippen LogP contribution >= 0.6 is 0 Å². The number of alkyl halides is 4.